The van der Waals surface area contributed by atoms with Crippen LogP contribution in [0.3, 0.4) is 0 Å². The van der Waals surface area contributed by atoms with Crippen molar-refractivity contribution < 1.29 is 22.7 Å². The van der Waals surface area contributed by atoms with Gasteiger partial charge in [-0.3, -0.25) is 9.59 Å². The number of amides is 2. The molecule has 8 nitrogen and oxygen atoms in total. The van der Waals surface area contributed by atoms with Gasteiger partial charge in [-0.25, -0.2) is 8.42 Å². The predicted octanol–water partition coefficient (Wildman–Crippen LogP) is 3.68. The number of nitrogens with one attached hydrogen (secondary N) is 1. The van der Waals surface area contributed by atoms with E-state index >= 15 is 0 Å². The lowest BCUT2D eigenvalue weighted by Crippen LogP contribution is -2.50. The molecule has 0 bridgehead atoms. The Morgan fingerprint density at radius 1 is 0.861 bits per heavy atom. The van der Waals surface area contributed by atoms with Crippen molar-refractivity contribution in [3.63, 3.8) is 0 Å². The van der Waals surface area contributed by atoms with E-state index in [4.69, 9.17) is 4.74 Å². The second-order valence-electron chi connectivity index (χ2n) is 8.24. The molecule has 186 valence electrons. The predicted molar refractivity (Wildman–Crippen MR) is 137 cm³/mol. The van der Waals surface area contributed by atoms with Crippen LogP contribution in [0.5, 0.6) is 11.5 Å². The van der Waals surface area contributed by atoms with Crippen LogP contribution in [0, 0.1) is 0 Å². The van der Waals surface area contributed by atoms with Crippen LogP contribution in [0.2, 0.25) is 0 Å². The lowest BCUT2D eigenvalue weighted by atomic mass is 10.1. The van der Waals surface area contributed by atoms with Crippen LogP contribution in [-0.4, -0.2) is 55.6 Å². The van der Waals surface area contributed by atoms with Crippen molar-refractivity contribution in [3.8, 4) is 11.5 Å². The summed E-state index contributed by atoms with van der Waals surface area (Å²) in [5.74, 6) is 1.01. The van der Waals surface area contributed by atoms with Crippen molar-refractivity contribution in [1.29, 1.82) is 0 Å². The van der Waals surface area contributed by atoms with Crippen LogP contribution >= 0.6 is 0 Å². The van der Waals surface area contributed by atoms with Crippen molar-refractivity contribution in [2.24, 2.45) is 0 Å². The largest absolute Gasteiger partial charge is 0.457 e. The number of rotatable bonds is 8. The summed E-state index contributed by atoms with van der Waals surface area (Å²) < 4.78 is 33.2. The Morgan fingerprint density at radius 2 is 1.47 bits per heavy atom. The number of para-hydroxylation sites is 1. The van der Waals surface area contributed by atoms with Crippen LogP contribution < -0.4 is 10.1 Å². The summed E-state index contributed by atoms with van der Waals surface area (Å²) in [5.41, 5.74) is 1.34. The molecule has 0 radical (unpaired) electrons. The van der Waals surface area contributed by atoms with Gasteiger partial charge < -0.3 is 15.0 Å². The number of anilines is 1. The molecule has 0 atom stereocenters. The number of hydrogen-bond donors (Lipinski definition) is 1. The Bertz CT molecular complexity index is 1320. The lowest BCUT2D eigenvalue weighted by Gasteiger charge is -2.34. The minimum atomic E-state index is -3.70. The van der Waals surface area contributed by atoms with E-state index in [0.29, 0.717) is 24.5 Å². The van der Waals surface area contributed by atoms with Gasteiger partial charge in [0.15, 0.2) is 0 Å². The van der Waals surface area contributed by atoms with E-state index in [1.165, 1.54) is 28.6 Å². The number of ether oxygens (including phenoxy) is 1. The molecule has 1 aliphatic heterocycles. The molecule has 4 rings (SSSR count). The molecule has 1 saturated heterocycles. The second kappa shape index (κ2) is 11.2. The average molecular weight is 506 g/mol. The molecule has 2 amide bonds. The monoisotopic (exact) mass is 505 g/mol. The van der Waals surface area contributed by atoms with Crippen LogP contribution in [-0.2, 0) is 26.0 Å². The summed E-state index contributed by atoms with van der Waals surface area (Å²) in [6.07, 6.45) is 1.37. The molecule has 3 aromatic carbocycles. The number of carbonyl (C=O) groups is 2. The molecule has 0 aliphatic carbocycles. The maximum atomic E-state index is 13.0. The Kier molecular flexibility index (Phi) is 7.82. The SMILES string of the molecule is C=CC(=O)Nc1ccc(S(=O)(=O)N2CCN(C(=O)Cc3ccc(Oc4ccccc4)cc3)CC2)cc1. The summed E-state index contributed by atoms with van der Waals surface area (Å²) in [5, 5.41) is 2.59. The van der Waals surface area contributed by atoms with E-state index in [0.717, 1.165) is 17.4 Å². The van der Waals surface area contributed by atoms with Crippen LogP contribution in [0.15, 0.2) is 96.4 Å². The maximum absolute atomic E-state index is 13.0. The van der Waals surface area contributed by atoms with Crippen molar-refractivity contribution >= 4 is 27.5 Å². The normalized spacial score (nSPS) is 14.2. The van der Waals surface area contributed by atoms with Gasteiger partial charge in [0, 0.05) is 31.9 Å². The number of benzene rings is 3. The van der Waals surface area contributed by atoms with E-state index in [1.54, 1.807) is 4.90 Å². The average Bonchev–Trinajstić information content (AvgIpc) is 2.90. The highest BCUT2D eigenvalue weighted by Crippen LogP contribution is 2.23. The minimum absolute atomic E-state index is 0.0499. The number of piperazine rings is 1. The molecule has 9 heteroatoms. The summed E-state index contributed by atoms with van der Waals surface area (Å²) in [6.45, 7) is 4.46. The first-order valence-corrected chi connectivity index (χ1v) is 12.9. The molecule has 0 saturated carbocycles. The highest BCUT2D eigenvalue weighted by molar-refractivity contribution is 7.89. The number of sulfonamides is 1. The fraction of sp³-hybridized carbons (Fsp3) is 0.185. The summed E-state index contributed by atoms with van der Waals surface area (Å²) in [6, 6.07) is 22.8. The zero-order chi connectivity index (χ0) is 25.5. The van der Waals surface area contributed by atoms with E-state index < -0.39 is 10.0 Å². The molecule has 1 N–H and O–H groups in total. The first-order chi connectivity index (χ1) is 17.3. The highest BCUT2D eigenvalue weighted by atomic mass is 32.2. The van der Waals surface area contributed by atoms with Gasteiger partial charge in [-0.15, -0.1) is 0 Å². The van der Waals surface area contributed by atoms with Gasteiger partial charge in [0.2, 0.25) is 21.8 Å². The zero-order valence-corrected chi connectivity index (χ0v) is 20.5. The van der Waals surface area contributed by atoms with Crippen LogP contribution in [0.25, 0.3) is 0 Å². The molecule has 1 heterocycles. The van der Waals surface area contributed by atoms with Crippen molar-refractivity contribution in [3.05, 3.63) is 97.1 Å². The molecule has 36 heavy (non-hydrogen) atoms. The standard InChI is InChI=1S/C27H27N3O5S/c1-2-26(31)28-22-10-14-25(15-11-22)36(33,34)30-18-16-29(17-19-30)27(32)20-21-8-12-24(13-9-21)35-23-6-4-3-5-7-23/h2-15H,1,16-20H2,(H,28,31). The van der Waals surface area contributed by atoms with E-state index in [9.17, 15) is 18.0 Å². The highest BCUT2D eigenvalue weighted by Gasteiger charge is 2.30. The number of carbonyl (C=O) groups excluding carboxylic acids is 2. The molecule has 0 aromatic heterocycles. The van der Waals surface area contributed by atoms with Crippen molar-refractivity contribution in [2.45, 2.75) is 11.3 Å². The van der Waals surface area contributed by atoms with Crippen LogP contribution in [0.4, 0.5) is 5.69 Å². The molecule has 3 aromatic rings. The number of hydrogen-bond acceptors (Lipinski definition) is 5. The van der Waals surface area contributed by atoms with Gasteiger partial charge >= 0.3 is 0 Å². The van der Waals surface area contributed by atoms with Crippen molar-refractivity contribution in [2.75, 3.05) is 31.5 Å². The first-order valence-electron chi connectivity index (χ1n) is 11.5. The summed E-state index contributed by atoms with van der Waals surface area (Å²) in [4.78, 5) is 26.0. The van der Waals surface area contributed by atoms with Gasteiger partial charge in [0.25, 0.3) is 0 Å². The Morgan fingerprint density at radius 3 is 2.08 bits per heavy atom. The first kappa shape index (κ1) is 25.2. The topological polar surface area (TPSA) is 96.0 Å². The van der Waals surface area contributed by atoms with E-state index in [2.05, 4.69) is 11.9 Å². The molecular formula is C27H27N3O5S. The van der Waals surface area contributed by atoms with Crippen molar-refractivity contribution in [1.82, 2.24) is 9.21 Å². The Labute approximate surface area is 210 Å². The number of nitrogens with zero attached hydrogens (tertiary/aromatic N) is 2. The third-order valence-electron chi connectivity index (χ3n) is 5.79. The molecule has 1 aliphatic rings. The molecular weight excluding hydrogens is 478 g/mol. The van der Waals surface area contributed by atoms with Gasteiger partial charge in [0.05, 0.1) is 11.3 Å². The zero-order valence-electron chi connectivity index (χ0n) is 19.7. The third-order valence-corrected chi connectivity index (χ3v) is 7.71. The Balaban J connectivity index is 1.30. The van der Waals surface area contributed by atoms with Gasteiger partial charge in [0.1, 0.15) is 11.5 Å². The lowest BCUT2D eigenvalue weighted by molar-refractivity contribution is -0.131. The maximum Gasteiger partial charge on any atom is 0.247 e. The quantitative estimate of drug-likeness (QED) is 0.471. The molecule has 1 fully saturated rings. The summed E-state index contributed by atoms with van der Waals surface area (Å²) in [7, 11) is -3.70. The molecule has 0 unspecified atom stereocenters. The smallest absolute Gasteiger partial charge is 0.247 e. The summed E-state index contributed by atoms with van der Waals surface area (Å²) >= 11 is 0. The van der Waals surface area contributed by atoms with Gasteiger partial charge in [-0.2, -0.15) is 4.31 Å². The van der Waals surface area contributed by atoms with E-state index in [1.807, 2.05) is 54.6 Å². The van der Waals surface area contributed by atoms with Crippen LogP contribution in [0.1, 0.15) is 5.56 Å². The fourth-order valence-corrected chi connectivity index (χ4v) is 5.24. The van der Waals surface area contributed by atoms with E-state index in [-0.39, 0.29) is 36.2 Å². The second-order valence-corrected chi connectivity index (χ2v) is 10.2. The third kappa shape index (κ3) is 6.18. The Hall–Kier alpha value is -3.95. The van der Waals surface area contributed by atoms with Gasteiger partial charge in [-0.1, -0.05) is 36.9 Å². The van der Waals surface area contributed by atoms with Gasteiger partial charge in [-0.05, 0) is 60.2 Å². The molecule has 0 spiro atoms. The minimum Gasteiger partial charge on any atom is -0.457 e. The fourth-order valence-electron chi connectivity index (χ4n) is 3.82.